The number of amides is 1. The van der Waals surface area contributed by atoms with Crippen LogP contribution in [0.2, 0.25) is 0 Å². The monoisotopic (exact) mass is 327 g/mol. The Balaban J connectivity index is 2.29. The fourth-order valence-electron chi connectivity index (χ4n) is 1.50. The molecule has 0 fully saturated rings. The molecular formula is C11H10BrN3O2S. The average Bonchev–Trinajstić information content (AvgIpc) is 2.70. The lowest BCUT2D eigenvalue weighted by atomic mass is 10.2. The molecule has 0 atom stereocenters. The van der Waals surface area contributed by atoms with Crippen molar-refractivity contribution in [3.8, 4) is 0 Å². The number of thiophene rings is 1. The molecule has 2 heterocycles. The predicted octanol–water partition coefficient (Wildman–Crippen LogP) is 2.92. The van der Waals surface area contributed by atoms with E-state index in [4.69, 9.17) is 10.8 Å². The van der Waals surface area contributed by atoms with E-state index in [0.717, 1.165) is 20.1 Å². The van der Waals surface area contributed by atoms with Crippen LogP contribution in [0.1, 0.15) is 5.56 Å². The SMILES string of the molecule is Nc1ncc(C=CCNC(=O)O)c2scc(Br)c12. The predicted molar refractivity (Wildman–Crippen MR) is 76.8 cm³/mol. The molecular weight excluding hydrogens is 318 g/mol. The van der Waals surface area contributed by atoms with Crippen molar-refractivity contribution in [3.63, 3.8) is 0 Å². The Kier molecular flexibility index (Phi) is 3.83. The molecule has 2 aromatic rings. The maximum atomic E-state index is 10.3. The quantitative estimate of drug-likeness (QED) is 0.808. The summed E-state index contributed by atoms with van der Waals surface area (Å²) in [7, 11) is 0. The Morgan fingerprint density at radius 3 is 3.17 bits per heavy atom. The zero-order valence-corrected chi connectivity index (χ0v) is 11.6. The number of nitrogens with two attached hydrogens (primary N) is 1. The van der Waals surface area contributed by atoms with E-state index in [1.165, 1.54) is 0 Å². The third-order valence-electron chi connectivity index (χ3n) is 2.28. The van der Waals surface area contributed by atoms with Gasteiger partial charge >= 0.3 is 6.09 Å². The van der Waals surface area contributed by atoms with Crippen LogP contribution in [0.4, 0.5) is 10.6 Å². The van der Waals surface area contributed by atoms with Crippen molar-refractivity contribution in [2.45, 2.75) is 0 Å². The zero-order chi connectivity index (χ0) is 13.1. The summed E-state index contributed by atoms with van der Waals surface area (Å²) in [6, 6.07) is 0. The number of fused-ring (bicyclic) bond motifs is 1. The number of pyridine rings is 1. The van der Waals surface area contributed by atoms with Crippen molar-refractivity contribution >= 4 is 55.3 Å². The van der Waals surface area contributed by atoms with Gasteiger partial charge < -0.3 is 16.2 Å². The first-order valence-electron chi connectivity index (χ1n) is 5.04. The molecule has 4 N–H and O–H groups in total. The summed E-state index contributed by atoms with van der Waals surface area (Å²) in [5.41, 5.74) is 6.73. The van der Waals surface area contributed by atoms with Gasteiger partial charge in [0.25, 0.3) is 0 Å². The van der Waals surface area contributed by atoms with Gasteiger partial charge in [-0.15, -0.1) is 11.3 Å². The van der Waals surface area contributed by atoms with Gasteiger partial charge in [0, 0.05) is 38.2 Å². The minimum absolute atomic E-state index is 0.258. The van der Waals surface area contributed by atoms with E-state index >= 15 is 0 Å². The molecule has 0 unspecified atom stereocenters. The summed E-state index contributed by atoms with van der Waals surface area (Å²) in [4.78, 5) is 14.4. The number of carbonyl (C=O) groups is 1. The van der Waals surface area contributed by atoms with E-state index in [1.54, 1.807) is 23.6 Å². The molecule has 0 aliphatic heterocycles. The summed E-state index contributed by atoms with van der Waals surface area (Å²) in [6.45, 7) is 0.258. The minimum atomic E-state index is -1.04. The van der Waals surface area contributed by atoms with Crippen LogP contribution in [0, 0.1) is 0 Å². The molecule has 5 nitrogen and oxygen atoms in total. The Morgan fingerprint density at radius 2 is 2.44 bits per heavy atom. The Morgan fingerprint density at radius 1 is 1.67 bits per heavy atom. The Hall–Kier alpha value is -1.60. The van der Waals surface area contributed by atoms with Gasteiger partial charge in [0.1, 0.15) is 5.82 Å². The fourth-order valence-corrected chi connectivity index (χ4v) is 3.24. The van der Waals surface area contributed by atoms with Gasteiger partial charge in [-0.25, -0.2) is 9.78 Å². The first kappa shape index (κ1) is 12.8. The summed E-state index contributed by atoms with van der Waals surface area (Å²) in [5.74, 6) is 0.485. The molecule has 0 aliphatic rings. The molecule has 2 aromatic heterocycles. The standard InChI is InChI=1S/C11H10BrN3O2S/c12-7-5-18-9-6(2-1-3-14-11(16)17)4-15-10(13)8(7)9/h1-2,4-5,14H,3H2,(H2,13,15)(H,16,17). The number of hydrogen-bond acceptors (Lipinski definition) is 4. The molecule has 94 valence electrons. The van der Waals surface area contributed by atoms with Gasteiger partial charge in [0.2, 0.25) is 0 Å². The fraction of sp³-hybridized carbons (Fsp3) is 0.0909. The second-order valence-corrected chi connectivity index (χ2v) is 5.21. The zero-order valence-electron chi connectivity index (χ0n) is 9.18. The lowest BCUT2D eigenvalue weighted by Gasteiger charge is -2.00. The van der Waals surface area contributed by atoms with Crippen LogP contribution in [-0.4, -0.2) is 22.7 Å². The van der Waals surface area contributed by atoms with Crippen molar-refractivity contribution in [3.05, 3.63) is 27.7 Å². The third kappa shape index (κ3) is 2.62. The van der Waals surface area contributed by atoms with Crippen molar-refractivity contribution in [1.82, 2.24) is 10.3 Å². The van der Waals surface area contributed by atoms with Crippen LogP contribution in [-0.2, 0) is 0 Å². The summed E-state index contributed by atoms with van der Waals surface area (Å²) in [5, 5.41) is 13.6. The molecule has 18 heavy (non-hydrogen) atoms. The van der Waals surface area contributed by atoms with Crippen molar-refractivity contribution in [2.24, 2.45) is 0 Å². The van der Waals surface area contributed by atoms with Crippen LogP contribution >= 0.6 is 27.3 Å². The van der Waals surface area contributed by atoms with Crippen molar-refractivity contribution in [1.29, 1.82) is 0 Å². The Bertz CT molecular complexity index is 624. The minimum Gasteiger partial charge on any atom is -0.465 e. The van der Waals surface area contributed by atoms with E-state index in [9.17, 15) is 4.79 Å². The number of carboxylic acid groups (broad SMARTS) is 1. The second-order valence-electron chi connectivity index (χ2n) is 3.47. The van der Waals surface area contributed by atoms with Gasteiger partial charge in [-0.3, -0.25) is 0 Å². The smallest absolute Gasteiger partial charge is 0.404 e. The van der Waals surface area contributed by atoms with Crippen LogP contribution < -0.4 is 11.1 Å². The summed E-state index contributed by atoms with van der Waals surface area (Å²) < 4.78 is 1.95. The van der Waals surface area contributed by atoms with Crippen molar-refractivity contribution in [2.75, 3.05) is 12.3 Å². The van der Waals surface area contributed by atoms with Crippen molar-refractivity contribution < 1.29 is 9.90 Å². The third-order valence-corrected chi connectivity index (χ3v) is 4.23. The molecule has 1 amide bonds. The highest BCUT2D eigenvalue weighted by Gasteiger charge is 2.09. The average molecular weight is 328 g/mol. The van der Waals surface area contributed by atoms with E-state index in [-0.39, 0.29) is 6.54 Å². The van der Waals surface area contributed by atoms with E-state index in [1.807, 2.05) is 11.5 Å². The maximum Gasteiger partial charge on any atom is 0.404 e. The highest BCUT2D eigenvalue weighted by molar-refractivity contribution is 9.10. The lowest BCUT2D eigenvalue weighted by molar-refractivity contribution is 0.195. The highest BCUT2D eigenvalue weighted by atomic mass is 79.9. The van der Waals surface area contributed by atoms with E-state index in [2.05, 4.69) is 26.2 Å². The van der Waals surface area contributed by atoms with Gasteiger partial charge in [-0.1, -0.05) is 12.2 Å². The number of rotatable bonds is 3. The normalized spacial score (nSPS) is 11.2. The van der Waals surface area contributed by atoms with Gasteiger partial charge in [-0.2, -0.15) is 0 Å². The summed E-state index contributed by atoms with van der Waals surface area (Å²) >= 11 is 4.99. The molecule has 0 saturated heterocycles. The van der Waals surface area contributed by atoms with Gasteiger partial charge in [0.15, 0.2) is 0 Å². The molecule has 7 heteroatoms. The Labute approximate surface area is 115 Å². The van der Waals surface area contributed by atoms with E-state index < -0.39 is 6.09 Å². The lowest BCUT2D eigenvalue weighted by Crippen LogP contribution is -2.20. The number of nitrogens with zero attached hydrogens (tertiary/aromatic N) is 1. The summed E-state index contributed by atoms with van der Waals surface area (Å²) in [6.07, 6.45) is 4.19. The number of nitrogens with one attached hydrogen (secondary N) is 1. The number of nitrogen functional groups attached to an aromatic ring is 1. The van der Waals surface area contributed by atoms with Crippen LogP contribution in [0.25, 0.3) is 16.2 Å². The molecule has 0 aliphatic carbocycles. The molecule has 0 spiro atoms. The van der Waals surface area contributed by atoms with Crippen LogP contribution in [0.3, 0.4) is 0 Å². The van der Waals surface area contributed by atoms with Gasteiger partial charge in [0.05, 0.1) is 0 Å². The van der Waals surface area contributed by atoms with Gasteiger partial charge in [-0.05, 0) is 15.9 Å². The topological polar surface area (TPSA) is 88.2 Å². The molecule has 0 radical (unpaired) electrons. The van der Waals surface area contributed by atoms with Crippen LogP contribution in [0.15, 0.2) is 22.1 Å². The molecule has 0 bridgehead atoms. The number of hydrogen-bond donors (Lipinski definition) is 3. The molecule has 2 rings (SSSR count). The first-order valence-corrected chi connectivity index (χ1v) is 6.71. The number of aromatic nitrogens is 1. The van der Waals surface area contributed by atoms with E-state index in [0.29, 0.717) is 5.82 Å². The second kappa shape index (κ2) is 5.36. The van der Waals surface area contributed by atoms with Crippen LogP contribution in [0.5, 0.6) is 0 Å². The number of halogens is 1. The highest BCUT2D eigenvalue weighted by Crippen LogP contribution is 2.35. The first-order chi connectivity index (χ1) is 8.59. The largest absolute Gasteiger partial charge is 0.465 e. The molecule has 0 aromatic carbocycles. The molecule has 0 saturated carbocycles. The number of anilines is 1. The maximum absolute atomic E-state index is 10.3.